The van der Waals surface area contributed by atoms with Gasteiger partial charge in [-0.3, -0.25) is 9.59 Å². The molecule has 0 aliphatic carbocycles. The fraction of sp³-hybridized carbons (Fsp3) is 0.591. The number of hydrogen-bond donors (Lipinski definition) is 1. The average molecular weight is 427 g/mol. The summed E-state index contributed by atoms with van der Waals surface area (Å²) in [4.78, 5) is 35.1. The van der Waals surface area contributed by atoms with Crippen LogP contribution in [0.4, 0.5) is 5.82 Å². The Bertz CT molecular complexity index is 939. The molecule has 2 aromatic heterocycles. The number of amides is 2. The molecule has 4 rings (SSSR count). The monoisotopic (exact) mass is 426 g/mol. The van der Waals surface area contributed by atoms with Gasteiger partial charge in [0.1, 0.15) is 22.7 Å². The molecule has 2 aliphatic rings. The number of pyridine rings is 1. The van der Waals surface area contributed by atoms with Crippen molar-refractivity contribution in [3.8, 4) is 0 Å². The SMILES string of the molecule is Cc1nonc1CNC(=O)C1(C)CCCCN1C(=O)c1ccnc(N2CCCCC2)c1. The predicted octanol–water partition coefficient (Wildman–Crippen LogP) is 2.46. The van der Waals surface area contributed by atoms with Gasteiger partial charge in [0.25, 0.3) is 5.91 Å². The molecule has 0 aromatic carbocycles. The number of nitrogens with zero attached hydrogens (tertiary/aromatic N) is 5. The Kier molecular flexibility index (Phi) is 6.20. The number of aryl methyl sites for hydroxylation is 1. The van der Waals surface area contributed by atoms with Crippen molar-refractivity contribution >= 4 is 17.6 Å². The van der Waals surface area contributed by atoms with Gasteiger partial charge in [-0.1, -0.05) is 10.3 Å². The first-order valence-electron chi connectivity index (χ1n) is 11.1. The van der Waals surface area contributed by atoms with E-state index >= 15 is 0 Å². The van der Waals surface area contributed by atoms with E-state index in [1.54, 1.807) is 24.1 Å². The number of piperidine rings is 2. The van der Waals surface area contributed by atoms with Crippen LogP contribution in [0.15, 0.2) is 23.0 Å². The minimum absolute atomic E-state index is 0.128. The molecule has 0 bridgehead atoms. The summed E-state index contributed by atoms with van der Waals surface area (Å²) in [7, 11) is 0. The Morgan fingerprint density at radius 3 is 2.65 bits per heavy atom. The highest BCUT2D eigenvalue weighted by Crippen LogP contribution is 2.30. The van der Waals surface area contributed by atoms with Crippen molar-refractivity contribution < 1.29 is 14.2 Å². The molecule has 0 saturated carbocycles. The fourth-order valence-corrected chi connectivity index (χ4v) is 4.45. The van der Waals surface area contributed by atoms with Crippen molar-refractivity contribution in [1.29, 1.82) is 0 Å². The molecule has 166 valence electrons. The van der Waals surface area contributed by atoms with Crippen LogP contribution in [0, 0.1) is 6.92 Å². The van der Waals surface area contributed by atoms with Crippen LogP contribution in [-0.4, -0.2) is 57.2 Å². The molecule has 4 heterocycles. The van der Waals surface area contributed by atoms with Crippen LogP contribution < -0.4 is 10.2 Å². The third-order valence-electron chi connectivity index (χ3n) is 6.46. The Morgan fingerprint density at radius 1 is 1.13 bits per heavy atom. The smallest absolute Gasteiger partial charge is 0.254 e. The molecule has 31 heavy (non-hydrogen) atoms. The van der Waals surface area contributed by atoms with E-state index in [9.17, 15) is 9.59 Å². The van der Waals surface area contributed by atoms with Crippen molar-refractivity contribution in [1.82, 2.24) is 25.5 Å². The summed E-state index contributed by atoms with van der Waals surface area (Å²) in [5.41, 5.74) is 0.887. The van der Waals surface area contributed by atoms with Gasteiger partial charge in [-0.2, -0.15) is 0 Å². The van der Waals surface area contributed by atoms with Crippen LogP contribution in [0.1, 0.15) is 67.2 Å². The summed E-state index contributed by atoms with van der Waals surface area (Å²) >= 11 is 0. The van der Waals surface area contributed by atoms with Crippen LogP contribution in [0.3, 0.4) is 0 Å². The van der Waals surface area contributed by atoms with E-state index in [2.05, 4.69) is 25.5 Å². The highest BCUT2D eigenvalue weighted by atomic mass is 16.6. The lowest BCUT2D eigenvalue weighted by molar-refractivity contribution is -0.133. The lowest BCUT2D eigenvalue weighted by atomic mass is 9.86. The Labute approximate surface area is 182 Å². The first-order valence-corrected chi connectivity index (χ1v) is 11.1. The molecule has 2 aromatic rings. The van der Waals surface area contributed by atoms with Crippen molar-refractivity contribution in [2.45, 2.75) is 64.5 Å². The summed E-state index contributed by atoms with van der Waals surface area (Å²) in [5.74, 6) is 0.522. The maximum absolute atomic E-state index is 13.5. The van der Waals surface area contributed by atoms with E-state index in [1.807, 2.05) is 13.0 Å². The van der Waals surface area contributed by atoms with Gasteiger partial charge in [-0.05, 0) is 64.5 Å². The van der Waals surface area contributed by atoms with Gasteiger partial charge < -0.3 is 15.1 Å². The summed E-state index contributed by atoms with van der Waals surface area (Å²) in [6, 6.07) is 3.61. The number of likely N-dealkylation sites (tertiary alicyclic amines) is 1. The van der Waals surface area contributed by atoms with Gasteiger partial charge in [0, 0.05) is 31.4 Å². The third-order valence-corrected chi connectivity index (χ3v) is 6.46. The molecule has 9 nitrogen and oxygen atoms in total. The summed E-state index contributed by atoms with van der Waals surface area (Å²) in [5, 5.41) is 10.5. The van der Waals surface area contributed by atoms with Gasteiger partial charge in [0.05, 0.1) is 6.54 Å². The number of rotatable bonds is 5. The number of nitrogens with one attached hydrogen (secondary N) is 1. The topological polar surface area (TPSA) is 104 Å². The number of carbonyl (C=O) groups excluding carboxylic acids is 2. The molecule has 1 unspecified atom stereocenters. The zero-order valence-corrected chi connectivity index (χ0v) is 18.3. The number of aromatic nitrogens is 3. The average Bonchev–Trinajstić information content (AvgIpc) is 3.22. The summed E-state index contributed by atoms with van der Waals surface area (Å²) in [6.07, 6.45) is 7.61. The number of anilines is 1. The van der Waals surface area contributed by atoms with Crippen molar-refractivity contribution in [2.24, 2.45) is 0 Å². The second-order valence-electron chi connectivity index (χ2n) is 8.62. The van der Waals surface area contributed by atoms with Crippen molar-refractivity contribution in [3.05, 3.63) is 35.3 Å². The second-order valence-corrected chi connectivity index (χ2v) is 8.62. The lowest BCUT2D eigenvalue weighted by Gasteiger charge is -2.43. The maximum atomic E-state index is 13.5. The van der Waals surface area contributed by atoms with Crippen LogP contribution >= 0.6 is 0 Å². The van der Waals surface area contributed by atoms with Crippen LogP contribution in [-0.2, 0) is 11.3 Å². The van der Waals surface area contributed by atoms with E-state index in [0.717, 1.165) is 44.6 Å². The van der Waals surface area contributed by atoms with Crippen LogP contribution in [0.25, 0.3) is 0 Å². The van der Waals surface area contributed by atoms with Gasteiger partial charge in [-0.15, -0.1) is 0 Å². The minimum atomic E-state index is -0.922. The third kappa shape index (κ3) is 4.40. The molecule has 2 amide bonds. The molecule has 2 saturated heterocycles. The van der Waals surface area contributed by atoms with Crippen molar-refractivity contribution in [2.75, 3.05) is 24.5 Å². The van der Waals surface area contributed by atoms with E-state index in [-0.39, 0.29) is 18.4 Å². The standard InChI is InChI=1S/C22H30N6O3/c1-16-18(26-31-25-16)15-24-21(30)22(2)9-4-7-13-28(22)20(29)17-8-10-23-19(14-17)27-11-5-3-6-12-27/h8,10,14H,3-7,9,11-13,15H2,1-2H3,(H,24,30). The Hall–Kier alpha value is -2.97. The zero-order chi connectivity index (χ0) is 21.8. The van der Waals surface area contributed by atoms with Gasteiger partial charge in [0.2, 0.25) is 5.91 Å². The molecule has 9 heteroatoms. The predicted molar refractivity (Wildman–Crippen MR) is 114 cm³/mol. The Morgan fingerprint density at radius 2 is 1.90 bits per heavy atom. The second kappa shape index (κ2) is 9.03. The van der Waals surface area contributed by atoms with E-state index < -0.39 is 5.54 Å². The highest BCUT2D eigenvalue weighted by Gasteiger charge is 2.44. The summed E-state index contributed by atoms with van der Waals surface area (Å²) < 4.78 is 4.70. The van der Waals surface area contributed by atoms with Crippen LogP contribution in [0.2, 0.25) is 0 Å². The van der Waals surface area contributed by atoms with Gasteiger partial charge in [-0.25, -0.2) is 9.61 Å². The molecular weight excluding hydrogens is 396 g/mol. The Balaban J connectivity index is 1.51. The number of carbonyl (C=O) groups is 2. The normalized spacial score (nSPS) is 21.7. The molecule has 0 radical (unpaired) electrons. The van der Waals surface area contributed by atoms with Gasteiger partial charge >= 0.3 is 0 Å². The van der Waals surface area contributed by atoms with Crippen molar-refractivity contribution in [3.63, 3.8) is 0 Å². The lowest BCUT2D eigenvalue weighted by Crippen LogP contribution is -2.60. The van der Waals surface area contributed by atoms with E-state index in [4.69, 9.17) is 4.63 Å². The first kappa shape index (κ1) is 21.3. The molecule has 2 aliphatic heterocycles. The minimum Gasteiger partial charge on any atom is -0.357 e. The molecular formula is C22H30N6O3. The first-order chi connectivity index (χ1) is 15.0. The molecule has 2 fully saturated rings. The quantitative estimate of drug-likeness (QED) is 0.783. The maximum Gasteiger partial charge on any atom is 0.254 e. The molecule has 1 atom stereocenters. The zero-order valence-electron chi connectivity index (χ0n) is 18.3. The molecule has 0 spiro atoms. The largest absolute Gasteiger partial charge is 0.357 e. The molecule has 1 N–H and O–H groups in total. The summed E-state index contributed by atoms with van der Waals surface area (Å²) in [6.45, 7) is 6.32. The highest BCUT2D eigenvalue weighted by molar-refractivity contribution is 5.99. The van der Waals surface area contributed by atoms with Crippen LogP contribution in [0.5, 0.6) is 0 Å². The van der Waals surface area contributed by atoms with E-state index in [0.29, 0.717) is 29.9 Å². The van der Waals surface area contributed by atoms with Gasteiger partial charge in [0.15, 0.2) is 0 Å². The fourth-order valence-electron chi connectivity index (χ4n) is 4.45. The van der Waals surface area contributed by atoms with E-state index in [1.165, 1.54) is 6.42 Å². The number of hydrogen-bond acceptors (Lipinski definition) is 7.